The monoisotopic (exact) mass is 301 g/mol. The van der Waals surface area contributed by atoms with Crippen LogP contribution in [0.4, 0.5) is 0 Å². The highest BCUT2D eigenvalue weighted by Crippen LogP contribution is 2.33. The van der Waals surface area contributed by atoms with Crippen LogP contribution in [0.1, 0.15) is 16.7 Å². The average Bonchev–Trinajstić information content (AvgIpc) is 2.90. The summed E-state index contributed by atoms with van der Waals surface area (Å²) < 4.78 is 4.63. The van der Waals surface area contributed by atoms with Crippen LogP contribution in [0, 0.1) is 20.8 Å². The molecule has 0 aliphatic rings. The minimum Gasteiger partial charge on any atom is -0.236 e. The lowest BCUT2D eigenvalue weighted by molar-refractivity contribution is -0.647. The molecule has 0 amide bonds. The van der Waals surface area contributed by atoms with Crippen molar-refractivity contribution in [2.24, 2.45) is 7.05 Å². The van der Waals surface area contributed by atoms with Gasteiger partial charge < -0.3 is 0 Å². The van der Waals surface area contributed by atoms with E-state index < -0.39 is 0 Å². The van der Waals surface area contributed by atoms with Gasteiger partial charge in [-0.05, 0) is 61.7 Å². The zero-order chi connectivity index (χ0) is 16.1. The second kappa shape index (κ2) is 4.95. The first-order chi connectivity index (χ1) is 11.1. The van der Waals surface area contributed by atoms with Gasteiger partial charge >= 0.3 is 0 Å². The molecular weight excluding hydrogens is 280 g/mol. The predicted molar refractivity (Wildman–Crippen MR) is 96.2 cm³/mol. The summed E-state index contributed by atoms with van der Waals surface area (Å²) in [6.45, 7) is 6.58. The van der Waals surface area contributed by atoms with E-state index in [0.717, 1.165) is 0 Å². The summed E-state index contributed by atoms with van der Waals surface area (Å²) in [6.07, 6.45) is 2.15. The molecule has 0 N–H and O–H groups in total. The van der Waals surface area contributed by atoms with Crippen LogP contribution in [-0.4, -0.2) is 4.57 Å². The van der Waals surface area contributed by atoms with E-state index in [-0.39, 0.29) is 0 Å². The lowest BCUT2D eigenvalue weighted by atomic mass is 10.1. The standard InChI is InChI=1S/C21H21N2/c1-14-8-7-11-18(16(14)3)23-19-10-6-5-9-17(19)20-15(2)12-13-22(4)21(20)23/h5-13H,1-4H3/q+1. The molecule has 23 heavy (non-hydrogen) atoms. The van der Waals surface area contributed by atoms with Crippen LogP contribution in [0.5, 0.6) is 0 Å². The molecule has 0 aliphatic heterocycles. The normalized spacial score (nSPS) is 11.5. The first-order valence-corrected chi connectivity index (χ1v) is 8.04. The zero-order valence-electron chi connectivity index (χ0n) is 14.1. The second-order valence-electron chi connectivity index (χ2n) is 6.38. The summed E-state index contributed by atoms with van der Waals surface area (Å²) in [5.74, 6) is 0. The molecule has 2 heteroatoms. The molecule has 4 aromatic rings. The van der Waals surface area contributed by atoms with Gasteiger partial charge in [0.05, 0.1) is 18.6 Å². The average molecular weight is 301 g/mol. The molecule has 0 radical (unpaired) electrons. The van der Waals surface area contributed by atoms with E-state index in [1.807, 2.05) is 0 Å². The van der Waals surface area contributed by atoms with E-state index >= 15 is 0 Å². The lowest BCUT2D eigenvalue weighted by Gasteiger charge is -2.08. The van der Waals surface area contributed by atoms with Gasteiger partial charge in [-0.3, -0.25) is 0 Å². The van der Waals surface area contributed by atoms with Crippen molar-refractivity contribution in [2.45, 2.75) is 20.8 Å². The van der Waals surface area contributed by atoms with Gasteiger partial charge in [-0.15, -0.1) is 0 Å². The van der Waals surface area contributed by atoms with Crippen LogP contribution in [0.15, 0.2) is 54.7 Å². The molecule has 114 valence electrons. The summed E-state index contributed by atoms with van der Waals surface area (Å²) in [5.41, 5.74) is 7.75. The van der Waals surface area contributed by atoms with Gasteiger partial charge in [0.25, 0.3) is 5.65 Å². The Morgan fingerprint density at radius 1 is 0.826 bits per heavy atom. The van der Waals surface area contributed by atoms with Crippen LogP contribution in [-0.2, 0) is 7.05 Å². The number of hydrogen-bond acceptors (Lipinski definition) is 0. The Kier molecular flexibility index (Phi) is 3.02. The van der Waals surface area contributed by atoms with Crippen LogP contribution in [0.3, 0.4) is 0 Å². The molecule has 0 fully saturated rings. The summed E-state index contributed by atoms with van der Waals surface area (Å²) >= 11 is 0. The predicted octanol–water partition coefficient (Wildman–Crippen LogP) is 4.53. The Bertz CT molecular complexity index is 1050. The molecule has 2 nitrogen and oxygen atoms in total. The number of aromatic nitrogens is 2. The lowest BCUT2D eigenvalue weighted by Crippen LogP contribution is -2.30. The highest BCUT2D eigenvalue weighted by molar-refractivity contribution is 6.08. The van der Waals surface area contributed by atoms with Crippen molar-refractivity contribution in [1.29, 1.82) is 0 Å². The molecule has 2 aromatic carbocycles. The fourth-order valence-corrected chi connectivity index (χ4v) is 3.55. The van der Waals surface area contributed by atoms with Gasteiger partial charge in [0, 0.05) is 5.39 Å². The summed E-state index contributed by atoms with van der Waals surface area (Å²) in [4.78, 5) is 0. The van der Waals surface area contributed by atoms with Gasteiger partial charge in [-0.2, -0.15) is 4.57 Å². The largest absolute Gasteiger partial charge is 0.295 e. The maximum atomic E-state index is 2.40. The van der Waals surface area contributed by atoms with Gasteiger partial charge in [0.2, 0.25) is 0 Å². The van der Waals surface area contributed by atoms with E-state index in [2.05, 4.69) is 91.7 Å². The van der Waals surface area contributed by atoms with Crippen LogP contribution < -0.4 is 4.57 Å². The highest BCUT2D eigenvalue weighted by atomic mass is 15.1. The first-order valence-electron chi connectivity index (χ1n) is 8.04. The first kappa shape index (κ1) is 14.0. The fourth-order valence-electron chi connectivity index (χ4n) is 3.55. The van der Waals surface area contributed by atoms with Crippen LogP contribution >= 0.6 is 0 Å². The number of benzene rings is 2. The van der Waals surface area contributed by atoms with Crippen molar-refractivity contribution in [2.75, 3.05) is 0 Å². The quantitative estimate of drug-likeness (QED) is 0.457. The second-order valence-corrected chi connectivity index (χ2v) is 6.38. The Hall–Kier alpha value is -2.61. The molecule has 0 saturated heterocycles. The number of hydrogen-bond donors (Lipinski definition) is 0. The van der Waals surface area contributed by atoms with Gasteiger partial charge in [0.1, 0.15) is 11.2 Å². The zero-order valence-corrected chi connectivity index (χ0v) is 14.1. The van der Waals surface area contributed by atoms with Crippen LogP contribution in [0.2, 0.25) is 0 Å². The van der Waals surface area contributed by atoms with E-state index in [1.54, 1.807) is 0 Å². The van der Waals surface area contributed by atoms with Crippen LogP contribution in [0.25, 0.3) is 27.6 Å². The summed E-state index contributed by atoms with van der Waals surface area (Å²) in [7, 11) is 2.13. The van der Waals surface area contributed by atoms with Gasteiger partial charge in [-0.1, -0.05) is 24.3 Å². The van der Waals surface area contributed by atoms with E-state index in [4.69, 9.17) is 0 Å². The number of fused-ring (bicyclic) bond motifs is 3. The third-order valence-corrected chi connectivity index (χ3v) is 4.94. The summed E-state index contributed by atoms with van der Waals surface area (Å²) in [5, 5.41) is 2.66. The van der Waals surface area contributed by atoms with Crippen molar-refractivity contribution >= 4 is 21.9 Å². The molecule has 4 rings (SSSR count). The van der Waals surface area contributed by atoms with E-state index in [1.165, 1.54) is 44.3 Å². The van der Waals surface area contributed by atoms with Crippen molar-refractivity contribution in [3.8, 4) is 5.69 Å². The Labute approximate surface area is 136 Å². The number of aryl methyl sites for hydroxylation is 3. The van der Waals surface area contributed by atoms with Crippen molar-refractivity contribution in [1.82, 2.24) is 4.57 Å². The van der Waals surface area contributed by atoms with Crippen molar-refractivity contribution < 1.29 is 4.57 Å². The fraction of sp³-hybridized carbons (Fsp3) is 0.190. The maximum Gasteiger partial charge on any atom is 0.295 e. The maximum absolute atomic E-state index is 2.40. The molecule has 0 saturated carbocycles. The SMILES string of the molecule is Cc1cccc(-n2c3ccccc3c3c(C)cc[n+](C)c32)c1C. The third kappa shape index (κ3) is 1.91. The van der Waals surface area contributed by atoms with Gasteiger partial charge in [-0.25, -0.2) is 4.57 Å². The number of rotatable bonds is 1. The van der Waals surface area contributed by atoms with Crippen molar-refractivity contribution in [3.05, 3.63) is 71.4 Å². The topological polar surface area (TPSA) is 8.81 Å². The Morgan fingerprint density at radius 2 is 1.61 bits per heavy atom. The molecule has 0 aliphatic carbocycles. The molecule has 0 bridgehead atoms. The Morgan fingerprint density at radius 3 is 2.43 bits per heavy atom. The molecule has 0 unspecified atom stereocenters. The molecule has 2 aromatic heterocycles. The van der Waals surface area contributed by atoms with E-state index in [9.17, 15) is 0 Å². The molecule has 0 atom stereocenters. The Balaban J connectivity index is 2.30. The smallest absolute Gasteiger partial charge is 0.236 e. The molecule has 2 heterocycles. The summed E-state index contributed by atoms with van der Waals surface area (Å²) in [6, 6.07) is 17.4. The number of nitrogens with zero attached hydrogens (tertiary/aromatic N) is 2. The minimum absolute atomic E-state index is 1.25. The highest BCUT2D eigenvalue weighted by Gasteiger charge is 2.23. The minimum atomic E-state index is 1.25. The van der Waals surface area contributed by atoms with Crippen molar-refractivity contribution in [3.63, 3.8) is 0 Å². The molecule has 0 spiro atoms. The number of pyridine rings is 1. The van der Waals surface area contributed by atoms with Gasteiger partial charge in [0.15, 0.2) is 0 Å². The molecular formula is C21H21N2+. The third-order valence-electron chi connectivity index (χ3n) is 4.94. The number of para-hydroxylation sites is 1. The van der Waals surface area contributed by atoms with E-state index in [0.29, 0.717) is 0 Å².